The number of nitrogens with two attached hydrogens (primary N) is 1. The highest BCUT2D eigenvalue weighted by molar-refractivity contribution is 5.33. The maximum Gasteiger partial charge on any atom is 0.169 e. The molecule has 0 amide bonds. The van der Waals surface area contributed by atoms with E-state index in [1.807, 2.05) is 12.2 Å². The monoisotopic (exact) mass is 318 g/mol. The van der Waals surface area contributed by atoms with Crippen molar-refractivity contribution in [3.63, 3.8) is 0 Å². The third-order valence-corrected chi connectivity index (χ3v) is 4.53. The van der Waals surface area contributed by atoms with Crippen LogP contribution in [0.15, 0.2) is 47.8 Å². The van der Waals surface area contributed by atoms with Crippen LogP contribution in [0.2, 0.25) is 0 Å². The second kappa shape index (κ2) is 7.81. The van der Waals surface area contributed by atoms with Crippen LogP contribution in [-0.4, -0.2) is 41.8 Å². The highest BCUT2D eigenvalue weighted by atomic mass is 16.6. The average Bonchev–Trinajstić information content (AvgIpc) is 2.63. The first kappa shape index (κ1) is 16.3. The minimum Gasteiger partial charge on any atom is -0.465 e. The highest BCUT2D eigenvalue weighted by Crippen LogP contribution is 2.27. The standard InChI is InChI=1S/C18H26N2O3/c19-15(11-20-9-5-2-6-10-20)18(21)17-13-22-12-16(23-17)14-7-3-1-4-8-14/h1,3,7,12-13,15,18,21H,2,4-6,8-11,19H2/t15-,18-/m1/s1. The number of piperidine rings is 1. The van der Waals surface area contributed by atoms with Crippen molar-refractivity contribution in [3.05, 3.63) is 47.8 Å². The van der Waals surface area contributed by atoms with Crippen LogP contribution in [0.5, 0.6) is 0 Å². The number of aliphatic hydroxyl groups is 1. The van der Waals surface area contributed by atoms with Gasteiger partial charge in [-0.3, -0.25) is 0 Å². The normalized spacial score (nSPS) is 24.7. The molecule has 0 bridgehead atoms. The number of allylic oxidation sites excluding steroid dienone is 4. The number of rotatable bonds is 5. The minimum absolute atomic E-state index is 0.387. The van der Waals surface area contributed by atoms with Crippen molar-refractivity contribution in [1.82, 2.24) is 4.90 Å². The number of hydrogen-bond donors (Lipinski definition) is 2. The molecule has 3 rings (SSSR count). The van der Waals surface area contributed by atoms with E-state index >= 15 is 0 Å². The van der Waals surface area contributed by atoms with E-state index in [-0.39, 0.29) is 6.04 Å². The van der Waals surface area contributed by atoms with Gasteiger partial charge in [0.1, 0.15) is 18.6 Å². The van der Waals surface area contributed by atoms with E-state index in [0.717, 1.165) is 31.5 Å². The van der Waals surface area contributed by atoms with Crippen molar-refractivity contribution < 1.29 is 14.6 Å². The van der Waals surface area contributed by atoms with Crippen LogP contribution in [0.3, 0.4) is 0 Å². The summed E-state index contributed by atoms with van der Waals surface area (Å²) in [5.41, 5.74) is 7.27. The Balaban J connectivity index is 1.56. The second-order valence-corrected chi connectivity index (χ2v) is 6.37. The Morgan fingerprint density at radius 2 is 2.04 bits per heavy atom. The fourth-order valence-corrected chi connectivity index (χ4v) is 3.17. The first-order valence-corrected chi connectivity index (χ1v) is 8.49. The molecule has 0 spiro atoms. The summed E-state index contributed by atoms with van der Waals surface area (Å²) in [6, 6.07) is -0.387. The van der Waals surface area contributed by atoms with Crippen LogP contribution in [0.4, 0.5) is 0 Å². The van der Waals surface area contributed by atoms with Crippen molar-refractivity contribution in [2.75, 3.05) is 19.6 Å². The van der Waals surface area contributed by atoms with Crippen molar-refractivity contribution in [2.45, 2.75) is 44.2 Å². The van der Waals surface area contributed by atoms with Crippen molar-refractivity contribution in [2.24, 2.45) is 5.73 Å². The van der Waals surface area contributed by atoms with Gasteiger partial charge in [0.15, 0.2) is 11.5 Å². The summed E-state index contributed by atoms with van der Waals surface area (Å²) >= 11 is 0. The van der Waals surface area contributed by atoms with Gasteiger partial charge in [-0.25, -0.2) is 0 Å². The minimum atomic E-state index is -0.861. The van der Waals surface area contributed by atoms with E-state index in [1.165, 1.54) is 25.5 Å². The molecule has 0 aromatic rings. The van der Waals surface area contributed by atoms with Gasteiger partial charge in [-0.2, -0.15) is 0 Å². The van der Waals surface area contributed by atoms with Gasteiger partial charge >= 0.3 is 0 Å². The Morgan fingerprint density at radius 3 is 2.78 bits per heavy atom. The molecule has 1 fully saturated rings. The molecule has 23 heavy (non-hydrogen) atoms. The molecule has 0 saturated carbocycles. The highest BCUT2D eigenvalue weighted by Gasteiger charge is 2.27. The van der Waals surface area contributed by atoms with E-state index < -0.39 is 6.10 Å². The van der Waals surface area contributed by atoms with Crippen LogP contribution in [0, 0.1) is 0 Å². The summed E-state index contributed by atoms with van der Waals surface area (Å²) in [6.45, 7) is 2.79. The van der Waals surface area contributed by atoms with E-state index in [4.69, 9.17) is 15.2 Å². The molecule has 5 heteroatoms. The van der Waals surface area contributed by atoms with E-state index in [0.29, 0.717) is 18.1 Å². The molecule has 0 unspecified atom stereocenters. The molecule has 1 aliphatic carbocycles. The molecule has 126 valence electrons. The summed E-state index contributed by atoms with van der Waals surface area (Å²) in [6.07, 6.45) is 13.9. The summed E-state index contributed by atoms with van der Waals surface area (Å²) < 4.78 is 11.2. The summed E-state index contributed by atoms with van der Waals surface area (Å²) in [5.74, 6) is 1.05. The Hall–Kier alpha value is -1.56. The lowest BCUT2D eigenvalue weighted by molar-refractivity contribution is 0.0773. The maximum absolute atomic E-state index is 10.5. The zero-order valence-electron chi connectivity index (χ0n) is 13.5. The van der Waals surface area contributed by atoms with E-state index in [2.05, 4.69) is 11.0 Å². The van der Waals surface area contributed by atoms with Crippen molar-refractivity contribution in [3.8, 4) is 0 Å². The molecular weight excluding hydrogens is 292 g/mol. The zero-order valence-corrected chi connectivity index (χ0v) is 13.5. The largest absolute Gasteiger partial charge is 0.465 e. The third-order valence-electron chi connectivity index (χ3n) is 4.53. The second-order valence-electron chi connectivity index (χ2n) is 6.37. The molecule has 0 aromatic carbocycles. The van der Waals surface area contributed by atoms with Crippen molar-refractivity contribution >= 4 is 0 Å². The van der Waals surface area contributed by atoms with Gasteiger partial charge in [0.2, 0.25) is 0 Å². The maximum atomic E-state index is 10.5. The Kier molecular flexibility index (Phi) is 5.54. The summed E-state index contributed by atoms with van der Waals surface area (Å²) in [4.78, 5) is 2.31. The smallest absolute Gasteiger partial charge is 0.169 e. The first-order valence-electron chi connectivity index (χ1n) is 8.49. The number of nitrogens with zero attached hydrogens (tertiary/aromatic N) is 1. The topological polar surface area (TPSA) is 68.0 Å². The lowest BCUT2D eigenvalue weighted by Crippen LogP contribution is -2.47. The molecule has 5 nitrogen and oxygen atoms in total. The fourth-order valence-electron chi connectivity index (χ4n) is 3.17. The molecule has 1 saturated heterocycles. The fraction of sp³-hybridized carbons (Fsp3) is 0.556. The molecule has 0 aromatic heterocycles. The van der Waals surface area contributed by atoms with Crippen LogP contribution < -0.4 is 5.73 Å². The molecule has 2 aliphatic heterocycles. The molecule has 2 heterocycles. The lowest BCUT2D eigenvalue weighted by atomic mass is 10.0. The van der Waals surface area contributed by atoms with Gasteiger partial charge in [-0.1, -0.05) is 24.6 Å². The van der Waals surface area contributed by atoms with Gasteiger partial charge < -0.3 is 25.2 Å². The number of hydrogen-bond acceptors (Lipinski definition) is 5. The van der Waals surface area contributed by atoms with Gasteiger partial charge in [-0.05, 0) is 44.3 Å². The first-order chi connectivity index (χ1) is 11.2. The predicted molar refractivity (Wildman–Crippen MR) is 89.1 cm³/mol. The van der Waals surface area contributed by atoms with E-state index in [1.54, 1.807) is 6.26 Å². The molecule has 3 aliphatic rings. The van der Waals surface area contributed by atoms with Crippen LogP contribution in [0.25, 0.3) is 0 Å². The number of aliphatic hydroxyl groups excluding tert-OH is 1. The Bertz CT molecular complexity index is 530. The summed E-state index contributed by atoms with van der Waals surface area (Å²) in [7, 11) is 0. The van der Waals surface area contributed by atoms with Gasteiger partial charge in [0, 0.05) is 6.54 Å². The average molecular weight is 318 g/mol. The SMILES string of the molecule is N[C@H](CN1CCCCC1)[C@@H](O)C1=COC=C(C2=CC=CCC2)O1. The molecule has 3 N–H and O–H groups in total. The Morgan fingerprint density at radius 1 is 1.22 bits per heavy atom. The van der Waals surface area contributed by atoms with E-state index in [9.17, 15) is 5.11 Å². The van der Waals surface area contributed by atoms with Gasteiger partial charge in [0.25, 0.3) is 0 Å². The quantitative estimate of drug-likeness (QED) is 0.813. The van der Waals surface area contributed by atoms with Crippen LogP contribution in [0.1, 0.15) is 32.1 Å². The van der Waals surface area contributed by atoms with Crippen LogP contribution in [-0.2, 0) is 9.47 Å². The predicted octanol–water partition coefficient (Wildman–Crippen LogP) is 2.17. The molecular formula is C18H26N2O3. The number of ether oxygens (including phenoxy) is 2. The lowest BCUT2D eigenvalue weighted by Gasteiger charge is -2.31. The molecule has 0 radical (unpaired) electrons. The van der Waals surface area contributed by atoms with Gasteiger partial charge in [0.05, 0.1) is 6.04 Å². The summed E-state index contributed by atoms with van der Waals surface area (Å²) in [5, 5.41) is 10.5. The third kappa shape index (κ3) is 4.25. The van der Waals surface area contributed by atoms with Gasteiger partial charge in [-0.15, -0.1) is 0 Å². The zero-order chi connectivity index (χ0) is 16.1. The Labute approximate surface area is 137 Å². The number of likely N-dealkylation sites (tertiary alicyclic amines) is 1. The van der Waals surface area contributed by atoms with Crippen LogP contribution >= 0.6 is 0 Å². The van der Waals surface area contributed by atoms with Crippen molar-refractivity contribution in [1.29, 1.82) is 0 Å². The molecule has 2 atom stereocenters.